The molecule has 0 unspecified atom stereocenters. The largest absolute Gasteiger partial charge is 0.493 e. The Balaban J connectivity index is 1.54. The van der Waals surface area contributed by atoms with E-state index in [0.29, 0.717) is 0 Å². The van der Waals surface area contributed by atoms with Gasteiger partial charge >= 0.3 is 0 Å². The average molecular weight is 293 g/mol. The quantitative estimate of drug-likeness (QED) is 0.809. The molecule has 2 heterocycles. The number of rotatable bonds is 1. The van der Waals surface area contributed by atoms with Crippen molar-refractivity contribution in [1.82, 2.24) is 4.90 Å². The van der Waals surface area contributed by atoms with Gasteiger partial charge in [0, 0.05) is 25.1 Å². The molecular formula is C19H19NO2. The van der Waals surface area contributed by atoms with Crippen LogP contribution in [0.1, 0.15) is 27.0 Å². The highest BCUT2D eigenvalue weighted by Gasteiger charge is 2.21. The number of benzene rings is 2. The molecule has 2 aromatic rings. The summed E-state index contributed by atoms with van der Waals surface area (Å²) in [5.41, 5.74) is 4.69. The lowest BCUT2D eigenvalue weighted by Gasteiger charge is -2.20. The SMILES string of the molecule is O=C(c1ccc2c(c1)CCO2)N1CCc2ccccc2CC1. The molecule has 0 aromatic heterocycles. The first-order chi connectivity index (χ1) is 10.8. The normalized spacial score (nSPS) is 16.5. The molecule has 1 amide bonds. The van der Waals surface area contributed by atoms with E-state index < -0.39 is 0 Å². The maximum atomic E-state index is 12.8. The van der Waals surface area contributed by atoms with Crippen LogP contribution in [-0.2, 0) is 19.3 Å². The van der Waals surface area contributed by atoms with E-state index in [4.69, 9.17) is 4.74 Å². The van der Waals surface area contributed by atoms with Gasteiger partial charge in [-0.2, -0.15) is 0 Å². The van der Waals surface area contributed by atoms with Gasteiger partial charge in [-0.25, -0.2) is 0 Å². The molecule has 0 N–H and O–H groups in total. The van der Waals surface area contributed by atoms with Gasteiger partial charge in [-0.15, -0.1) is 0 Å². The number of hydrogen-bond acceptors (Lipinski definition) is 2. The molecule has 4 rings (SSSR count). The van der Waals surface area contributed by atoms with Crippen molar-refractivity contribution in [2.45, 2.75) is 19.3 Å². The predicted molar refractivity (Wildman–Crippen MR) is 85.4 cm³/mol. The Labute approximate surface area is 130 Å². The fourth-order valence-electron chi connectivity index (χ4n) is 3.37. The summed E-state index contributed by atoms with van der Waals surface area (Å²) < 4.78 is 5.52. The molecule has 0 atom stereocenters. The maximum Gasteiger partial charge on any atom is 0.253 e. The van der Waals surface area contributed by atoms with Crippen LogP contribution in [0.15, 0.2) is 42.5 Å². The molecule has 0 bridgehead atoms. The topological polar surface area (TPSA) is 29.5 Å². The van der Waals surface area contributed by atoms with Crippen molar-refractivity contribution in [2.75, 3.05) is 19.7 Å². The fourth-order valence-corrected chi connectivity index (χ4v) is 3.37. The van der Waals surface area contributed by atoms with Crippen molar-refractivity contribution in [3.05, 3.63) is 64.7 Å². The maximum absolute atomic E-state index is 12.8. The van der Waals surface area contributed by atoms with Gasteiger partial charge in [-0.3, -0.25) is 4.79 Å². The van der Waals surface area contributed by atoms with Crippen molar-refractivity contribution in [3.8, 4) is 5.75 Å². The Bertz CT molecular complexity index is 696. The highest BCUT2D eigenvalue weighted by molar-refractivity contribution is 5.94. The van der Waals surface area contributed by atoms with Crippen LogP contribution < -0.4 is 4.74 Å². The number of fused-ring (bicyclic) bond motifs is 2. The van der Waals surface area contributed by atoms with Gasteiger partial charge in [0.1, 0.15) is 5.75 Å². The number of ether oxygens (including phenoxy) is 1. The Morgan fingerprint density at radius 3 is 2.36 bits per heavy atom. The summed E-state index contributed by atoms with van der Waals surface area (Å²) in [5.74, 6) is 1.07. The van der Waals surface area contributed by atoms with Crippen LogP contribution in [0.2, 0.25) is 0 Å². The van der Waals surface area contributed by atoms with Crippen molar-refractivity contribution >= 4 is 5.91 Å². The smallest absolute Gasteiger partial charge is 0.253 e. The predicted octanol–water partition coefficient (Wildman–Crippen LogP) is 2.86. The number of carbonyl (C=O) groups excluding carboxylic acids is 1. The first-order valence-corrected chi connectivity index (χ1v) is 7.93. The average Bonchev–Trinajstić information content (AvgIpc) is 2.92. The van der Waals surface area contributed by atoms with E-state index in [1.54, 1.807) is 0 Å². The zero-order valence-electron chi connectivity index (χ0n) is 12.5. The first-order valence-electron chi connectivity index (χ1n) is 7.93. The van der Waals surface area contributed by atoms with Gasteiger partial charge in [0.2, 0.25) is 0 Å². The molecule has 0 saturated carbocycles. The van der Waals surface area contributed by atoms with Crippen LogP contribution in [0.4, 0.5) is 0 Å². The summed E-state index contributed by atoms with van der Waals surface area (Å²) in [6.07, 6.45) is 2.79. The third-order valence-electron chi connectivity index (χ3n) is 4.64. The molecule has 2 aliphatic heterocycles. The minimum atomic E-state index is 0.141. The standard InChI is InChI=1S/C19H19NO2/c21-19(17-5-6-18-16(13-17)9-12-22-18)20-10-7-14-3-1-2-4-15(14)8-11-20/h1-6,13H,7-12H2. The molecule has 2 aliphatic rings. The van der Waals surface area contributed by atoms with Crippen LogP contribution >= 0.6 is 0 Å². The molecule has 0 saturated heterocycles. The van der Waals surface area contributed by atoms with Crippen LogP contribution in [0.25, 0.3) is 0 Å². The molecule has 22 heavy (non-hydrogen) atoms. The third kappa shape index (κ3) is 2.37. The van der Waals surface area contributed by atoms with Gasteiger partial charge in [0.15, 0.2) is 0 Å². The van der Waals surface area contributed by atoms with E-state index in [9.17, 15) is 4.79 Å². The molecule has 3 nitrogen and oxygen atoms in total. The van der Waals surface area contributed by atoms with E-state index >= 15 is 0 Å². The molecule has 0 aliphatic carbocycles. The molecule has 0 spiro atoms. The number of nitrogens with zero attached hydrogens (tertiary/aromatic N) is 1. The van der Waals surface area contributed by atoms with E-state index in [0.717, 1.165) is 55.8 Å². The second-order valence-corrected chi connectivity index (χ2v) is 5.98. The lowest BCUT2D eigenvalue weighted by Crippen LogP contribution is -2.33. The highest BCUT2D eigenvalue weighted by atomic mass is 16.5. The molecule has 2 aromatic carbocycles. The number of amides is 1. The van der Waals surface area contributed by atoms with Crippen LogP contribution in [0.3, 0.4) is 0 Å². The number of carbonyl (C=O) groups is 1. The Morgan fingerprint density at radius 2 is 1.64 bits per heavy atom. The Kier molecular flexibility index (Phi) is 3.34. The Morgan fingerprint density at radius 1 is 0.909 bits per heavy atom. The summed E-state index contributed by atoms with van der Waals surface area (Å²) in [6.45, 7) is 2.32. The van der Waals surface area contributed by atoms with Gasteiger partial charge in [-0.05, 0) is 47.7 Å². The summed E-state index contributed by atoms with van der Waals surface area (Å²) >= 11 is 0. The number of hydrogen-bond donors (Lipinski definition) is 0. The van der Waals surface area contributed by atoms with Gasteiger partial charge < -0.3 is 9.64 Å². The van der Waals surface area contributed by atoms with E-state index in [-0.39, 0.29) is 5.91 Å². The van der Waals surface area contributed by atoms with Gasteiger partial charge in [-0.1, -0.05) is 24.3 Å². The minimum absolute atomic E-state index is 0.141. The monoisotopic (exact) mass is 293 g/mol. The summed E-state index contributed by atoms with van der Waals surface area (Å²) in [4.78, 5) is 14.8. The van der Waals surface area contributed by atoms with Crippen LogP contribution in [0.5, 0.6) is 5.75 Å². The molecule has 3 heteroatoms. The first kappa shape index (κ1) is 13.4. The molecule has 0 radical (unpaired) electrons. The molecular weight excluding hydrogens is 274 g/mol. The Hall–Kier alpha value is -2.29. The van der Waals surface area contributed by atoms with Crippen LogP contribution in [0, 0.1) is 0 Å². The van der Waals surface area contributed by atoms with Crippen molar-refractivity contribution in [1.29, 1.82) is 0 Å². The zero-order valence-corrected chi connectivity index (χ0v) is 12.5. The van der Waals surface area contributed by atoms with Crippen molar-refractivity contribution in [3.63, 3.8) is 0 Å². The fraction of sp³-hybridized carbons (Fsp3) is 0.316. The molecule has 0 fully saturated rings. The minimum Gasteiger partial charge on any atom is -0.493 e. The summed E-state index contributed by atoms with van der Waals surface area (Å²) in [5, 5.41) is 0. The second-order valence-electron chi connectivity index (χ2n) is 5.98. The zero-order chi connectivity index (χ0) is 14.9. The third-order valence-corrected chi connectivity index (χ3v) is 4.64. The summed E-state index contributed by atoms with van der Waals surface area (Å²) in [7, 11) is 0. The van der Waals surface area contributed by atoms with Crippen molar-refractivity contribution in [2.24, 2.45) is 0 Å². The lowest BCUT2D eigenvalue weighted by molar-refractivity contribution is 0.0763. The van der Waals surface area contributed by atoms with E-state index in [1.165, 1.54) is 11.1 Å². The molecule has 112 valence electrons. The van der Waals surface area contributed by atoms with Gasteiger partial charge in [0.05, 0.1) is 6.61 Å². The van der Waals surface area contributed by atoms with Crippen LogP contribution in [-0.4, -0.2) is 30.5 Å². The van der Waals surface area contributed by atoms with Gasteiger partial charge in [0.25, 0.3) is 5.91 Å². The van der Waals surface area contributed by atoms with E-state index in [2.05, 4.69) is 24.3 Å². The lowest BCUT2D eigenvalue weighted by atomic mass is 10.0. The van der Waals surface area contributed by atoms with Crippen molar-refractivity contribution < 1.29 is 9.53 Å². The second kappa shape index (κ2) is 5.48. The van der Waals surface area contributed by atoms with E-state index in [1.807, 2.05) is 23.1 Å². The highest BCUT2D eigenvalue weighted by Crippen LogP contribution is 2.26. The summed E-state index contributed by atoms with van der Waals surface area (Å²) in [6, 6.07) is 14.3.